The van der Waals surface area contributed by atoms with Gasteiger partial charge in [-0.05, 0) is 23.8 Å². The van der Waals surface area contributed by atoms with Crippen molar-refractivity contribution in [1.29, 1.82) is 0 Å². The molecule has 132 valence electrons. The molecule has 0 N–H and O–H groups in total. The van der Waals surface area contributed by atoms with Gasteiger partial charge in [0.05, 0.1) is 0 Å². The molecule has 1 rings (SSSR count). The van der Waals surface area contributed by atoms with Gasteiger partial charge in [-0.2, -0.15) is 0 Å². The molecule has 0 fully saturated rings. The first-order chi connectivity index (χ1) is 11.1. The maximum absolute atomic E-state index is 2.41. The number of unbranched alkanes of at least 4 members (excludes halogenated alkanes) is 8. The maximum atomic E-state index is 2.41. The van der Waals surface area contributed by atoms with Crippen molar-refractivity contribution in [2.75, 3.05) is 0 Å². The standard InChI is InChI=1S/C22H40N/c1-6-7-8-9-10-11-12-13-14-16-23-17-15-21(19(2)3)22(18-23)20(4)5/h15,17-20H,6-14,16H2,1-5H3/q+1. The van der Waals surface area contributed by atoms with Gasteiger partial charge in [0.1, 0.15) is 6.54 Å². The van der Waals surface area contributed by atoms with E-state index in [1.54, 1.807) is 0 Å². The van der Waals surface area contributed by atoms with Crippen LogP contribution in [-0.2, 0) is 6.54 Å². The SMILES string of the molecule is CCCCCCCCCCC[n+]1ccc(C(C)C)c(C(C)C)c1. The van der Waals surface area contributed by atoms with Crippen LogP contribution in [0.4, 0.5) is 0 Å². The summed E-state index contributed by atoms with van der Waals surface area (Å²) in [6, 6.07) is 2.34. The van der Waals surface area contributed by atoms with Crippen LogP contribution in [-0.4, -0.2) is 0 Å². The van der Waals surface area contributed by atoms with E-state index in [2.05, 4.69) is 57.6 Å². The molecule has 1 heterocycles. The Bertz CT molecular complexity index is 420. The van der Waals surface area contributed by atoms with Gasteiger partial charge in [-0.25, -0.2) is 4.57 Å². The fourth-order valence-electron chi connectivity index (χ4n) is 3.32. The van der Waals surface area contributed by atoms with Gasteiger partial charge >= 0.3 is 0 Å². The predicted octanol–water partition coefficient (Wildman–Crippen LogP) is 6.75. The van der Waals surface area contributed by atoms with Gasteiger partial charge in [-0.15, -0.1) is 0 Å². The van der Waals surface area contributed by atoms with Crippen molar-refractivity contribution < 1.29 is 4.57 Å². The zero-order valence-corrected chi connectivity index (χ0v) is 16.4. The van der Waals surface area contributed by atoms with E-state index >= 15 is 0 Å². The van der Waals surface area contributed by atoms with Gasteiger partial charge in [-0.1, -0.05) is 79.6 Å². The highest BCUT2D eigenvalue weighted by molar-refractivity contribution is 5.27. The van der Waals surface area contributed by atoms with E-state index in [-0.39, 0.29) is 0 Å². The third-order valence-electron chi connectivity index (χ3n) is 4.85. The van der Waals surface area contributed by atoms with Crippen molar-refractivity contribution in [3.8, 4) is 0 Å². The molecule has 1 aromatic heterocycles. The van der Waals surface area contributed by atoms with Crippen molar-refractivity contribution in [2.24, 2.45) is 0 Å². The predicted molar refractivity (Wildman–Crippen MR) is 102 cm³/mol. The van der Waals surface area contributed by atoms with Crippen LogP contribution in [0, 0.1) is 0 Å². The minimum absolute atomic E-state index is 0.614. The van der Waals surface area contributed by atoms with Crippen LogP contribution in [0.15, 0.2) is 18.5 Å². The molecule has 1 heteroatoms. The summed E-state index contributed by atoms with van der Waals surface area (Å²) in [5.74, 6) is 1.23. The molecular weight excluding hydrogens is 278 g/mol. The average molecular weight is 319 g/mol. The Morgan fingerprint density at radius 2 is 1.26 bits per heavy atom. The second-order valence-electron chi connectivity index (χ2n) is 7.73. The normalized spacial score (nSPS) is 11.6. The number of pyridine rings is 1. The minimum Gasteiger partial charge on any atom is -0.205 e. The molecule has 0 bridgehead atoms. The van der Waals surface area contributed by atoms with Gasteiger partial charge in [-0.3, -0.25) is 0 Å². The van der Waals surface area contributed by atoms with Crippen molar-refractivity contribution in [3.63, 3.8) is 0 Å². The molecule has 0 aliphatic carbocycles. The number of nitrogens with zero attached hydrogens (tertiary/aromatic N) is 1. The first-order valence-corrected chi connectivity index (χ1v) is 10.1. The molecule has 1 nitrogen and oxygen atoms in total. The number of hydrogen-bond acceptors (Lipinski definition) is 0. The van der Waals surface area contributed by atoms with Crippen LogP contribution in [0.3, 0.4) is 0 Å². The number of rotatable bonds is 12. The Hall–Kier alpha value is -0.850. The van der Waals surface area contributed by atoms with Crippen LogP contribution >= 0.6 is 0 Å². The number of hydrogen-bond donors (Lipinski definition) is 0. The van der Waals surface area contributed by atoms with E-state index in [1.165, 1.54) is 75.5 Å². The van der Waals surface area contributed by atoms with Crippen LogP contribution in [0.2, 0.25) is 0 Å². The molecule has 0 spiro atoms. The average Bonchev–Trinajstić information content (AvgIpc) is 2.53. The monoisotopic (exact) mass is 318 g/mol. The highest BCUT2D eigenvalue weighted by Gasteiger charge is 2.14. The zero-order chi connectivity index (χ0) is 17.1. The molecule has 0 atom stereocenters. The Morgan fingerprint density at radius 1 is 0.739 bits per heavy atom. The van der Waals surface area contributed by atoms with Crippen molar-refractivity contribution in [3.05, 3.63) is 29.6 Å². The third-order valence-corrected chi connectivity index (χ3v) is 4.85. The fourth-order valence-corrected chi connectivity index (χ4v) is 3.32. The highest BCUT2D eigenvalue weighted by Crippen LogP contribution is 2.24. The topological polar surface area (TPSA) is 3.88 Å². The van der Waals surface area contributed by atoms with Crippen LogP contribution in [0.5, 0.6) is 0 Å². The van der Waals surface area contributed by atoms with Crippen LogP contribution in [0.1, 0.15) is 115 Å². The maximum Gasteiger partial charge on any atom is 0.172 e. The molecule has 0 aliphatic rings. The summed E-state index contributed by atoms with van der Waals surface area (Å²) >= 11 is 0. The van der Waals surface area contributed by atoms with Crippen molar-refractivity contribution in [1.82, 2.24) is 0 Å². The quantitative estimate of drug-likeness (QED) is 0.296. The molecule has 0 radical (unpaired) electrons. The van der Waals surface area contributed by atoms with Crippen molar-refractivity contribution >= 4 is 0 Å². The fraction of sp³-hybridized carbons (Fsp3) is 0.773. The summed E-state index contributed by atoms with van der Waals surface area (Å²) in [6.07, 6.45) is 17.3. The third kappa shape index (κ3) is 7.99. The van der Waals surface area contributed by atoms with E-state index in [0.29, 0.717) is 11.8 Å². The highest BCUT2D eigenvalue weighted by atomic mass is 14.9. The number of aryl methyl sites for hydroxylation is 1. The van der Waals surface area contributed by atoms with Crippen LogP contribution in [0.25, 0.3) is 0 Å². The smallest absolute Gasteiger partial charge is 0.172 e. The van der Waals surface area contributed by atoms with E-state index in [0.717, 1.165) is 0 Å². The first-order valence-electron chi connectivity index (χ1n) is 10.1. The second kappa shape index (κ2) is 11.6. The van der Waals surface area contributed by atoms with Gasteiger partial charge in [0.25, 0.3) is 0 Å². The Labute approximate surface area is 145 Å². The lowest BCUT2D eigenvalue weighted by atomic mass is 9.92. The van der Waals surface area contributed by atoms with Gasteiger partial charge < -0.3 is 0 Å². The van der Waals surface area contributed by atoms with E-state index in [1.807, 2.05) is 0 Å². The van der Waals surface area contributed by atoms with Crippen molar-refractivity contribution in [2.45, 2.75) is 111 Å². The molecule has 0 aliphatic heterocycles. The molecular formula is C22H40N+. The summed E-state index contributed by atoms with van der Waals surface area (Å²) < 4.78 is 2.41. The van der Waals surface area contributed by atoms with Crippen LogP contribution < -0.4 is 4.57 Å². The molecule has 0 saturated heterocycles. The Balaban J connectivity index is 2.28. The summed E-state index contributed by atoms with van der Waals surface area (Å²) in [7, 11) is 0. The summed E-state index contributed by atoms with van der Waals surface area (Å²) in [6.45, 7) is 12.7. The number of aromatic nitrogens is 1. The molecule has 0 aromatic carbocycles. The zero-order valence-electron chi connectivity index (χ0n) is 16.4. The van der Waals surface area contributed by atoms with Gasteiger partial charge in [0.2, 0.25) is 0 Å². The summed E-state index contributed by atoms with van der Waals surface area (Å²) in [5.41, 5.74) is 3.04. The molecule has 0 saturated carbocycles. The molecule has 0 amide bonds. The Morgan fingerprint density at radius 3 is 1.78 bits per heavy atom. The largest absolute Gasteiger partial charge is 0.205 e. The Kier molecular flexibility index (Phi) is 10.2. The lowest BCUT2D eigenvalue weighted by Gasteiger charge is -2.14. The summed E-state index contributed by atoms with van der Waals surface area (Å²) in [5, 5.41) is 0. The second-order valence-corrected chi connectivity index (χ2v) is 7.73. The molecule has 0 unspecified atom stereocenters. The molecule has 1 aromatic rings. The van der Waals surface area contributed by atoms with Gasteiger partial charge in [0.15, 0.2) is 12.4 Å². The van der Waals surface area contributed by atoms with Gasteiger partial charge in [0, 0.05) is 18.1 Å². The van der Waals surface area contributed by atoms with E-state index < -0.39 is 0 Å². The first kappa shape index (κ1) is 20.2. The molecule has 23 heavy (non-hydrogen) atoms. The van der Waals surface area contributed by atoms with E-state index in [4.69, 9.17) is 0 Å². The lowest BCUT2D eigenvalue weighted by Crippen LogP contribution is -2.34. The lowest BCUT2D eigenvalue weighted by molar-refractivity contribution is -0.697. The van der Waals surface area contributed by atoms with E-state index in [9.17, 15) is 0 Å². The summed E-state index contributed by atoms with van der Waals surface area (Å²) in [4.78, 5) is 0. The minimum atomic E-state index is 0.614.